The lowest BCUT2D eigenvalue weighted by Crippen LogP contribution is -2.21. The van der Waals surface area contributed by atoms with Gasteiger partial charge in [0.1, 0.15) is 0 Å². The Morgan fingerprint density at radius 2 is 2.21 bits per heavy atom. The van der Waals surface area contributed by atoms with Gasteiger partial charge < -0.3 is 15.9 Å². The molecule has 0 radical (unpaired) electrons. The van der Waals surface area contributed by atoms with E-state index in [0.29, 0.717) is 12.3 Å². The smallest absolute Gasteiger partial charge is 0.0940 e. The zero-order chi connectivity index (χ0) is 9.68. The molecule has 1 heterocycles. The van der Waals surface area contributed by atoms with Gasteiger partial charge in [-0.1, -0.05) is 6.42 Å². The number of nitrogens with zero attached hydrogens (tertiary/aromatic N) is 1. The Bertz CT molecular complexity index is 188. The fraction of sp³-hybridized carbons (Fsp3) is 0.889. The van der Waals surface area contributed by atoms with Crippen molar-refractivity contribution >= 4 is 18.2 Å². The van der Waals surface area contributed by atoms with Crippen LogP contribution in [-0.2, 0) is 0 Å². The molecule has 0 aromatic carbocycles. The Hall–Kier alpha value is -0.320. The van der Waals surface area contributed by atoms with Crippen molar-refractivity contribution in [2.24, 2.45) is 10.7 Å². The Morgan fingerprint density at radius 1 is 1.50 bits per heavy atom. The predicted octanol–water partition coefficient (Wildman–Crippen LogP) is 0.451. The molecule has 0 bridgehead atoms. The minimum absolute atomic E-state index is 0. The van der Waals surface area contributed by atoms with Crippen molar-refractivity contribution < 1.29 is 10.2 Å². The minimum Gasteiger partial charge on any atom is -0.394 e. The van der Waals surface area contributed by atoms with Crippen LogP contribution in [0.1, 0.15) is 32.1 Å². The number of aliphatic hydroxyl groups is 2. The van der Waals surface area contributed by atoms with Crippen molar-refractivity contribution in [3.63, 3.8) is 0 Å². The summed E-state index contributed by atoms with van der Waals surface area (Å²) < 4.78 is 0. The van der Waals surface area contributed by atoms with Crippen molar-refractivity contribution in [1.82, 2.24) is 0 Å². The van der Waals surface area contributed by atoms with E-state index in [1.54, 1.807) is 0 Å². The fourth-order valence-electron chi connectivity index (χ4n) is 1.61. The number of nitrogens with two attached hydrogens (primary N) is 1. The SMILES string of the molecule is Cl.NC1=NC(CC(O)CO)CCCC1. The van der Waals surface area contributed by atoms with Gasteiger partial charge in [0.25, 0.3) is 0 Å². The zero-order valence-corrected chi connectivity index (χ0v) is 9.04. The molecule has 4 nitrogen and oxygen atoms in total. The summed E-state index contributed by atoms with van der Waals surface area (Å²) in [4.78, 5) is 4.29. The molecular weight excluding hydrogens is 204 g/mol. The molecule has 1 rings (SSSR count). The Morgan fingerprint density at radius 3 is 2.86 bits per heavy atom. The average Bonchev–Trinajstić information content (AvgIpc) is 2.30. The van der Waals surface area contributed by atoms with Crippen LogP contribution in [0.5, 0.6) is 0 Å². The number of aliphatic imine (C=N–C) groups is 1. The molecule has 0 aliphatic carbocycles. The molecule has 0 aromatic heterocycles. The normalized spacial score (nSPS) is 24.4. The van der Waals surface area contributed by atoms with E-state index in [2.05, 4.69) is 4.99 Å². The summed E-state index contributed by atoms with van der Waals surface area (Å²) >= 11 is 0. The van der Waals surface area contributed by atoms with E-state index in [1.165, 1.54) is 0 Å². The van der Waals surface area contributed by atoms with E-state index < -0.39 is 6.10 Å². The van der Waals surface area contributed by atoms with Crippen LogP contribution in [0.4, 0.5) is 0 Å². The summed E-state index contributed by atoms with van der Waals surface area (Å²) in [6, 6.07) is 0.102. The lowest BCUT2D eigenvalue weighted by molar-refractivity contribution is 0.0820. The van der Waals surface area contributed by atoms with Gasteiger partial charge in [-0.05, 0) is 19.3 Å². The van der Waals surface area contributed by atoms with Crippen LogP contribution < -0.4 is 5.73 Å². The van der Waals surface area contributed by atoms with Gasteiger partial charge in [0, 0.05) is 6.42 Å². The highest BCUT2D eigenvalue weighted by Gasteiger charge is 2.15. The Kier molecular flexibility index (Phi) is 6.87. The molecule has 0 amide bonds. The van der Waals surface area contributed by atoms with Gasteiger partial charge in [-0.2, -0.15) is 0 Å². The second-order valence-electron chi connectivity index (χ2n) is 3.59. The maximum absolute atomic E-state index is 9.23. The highest BCUT2D eigenvalue weighted by atomic mass is 35.5. The van der Waals surface area contributed by atoms with Crippen LogP contribution in [-0.4, -0.2) is 34.8 Å². The largest absolute Gasteiger partial charge is 0.394 e. The molecule has 84 valence electrons. The lowest BCUT2D eigenvalue weighted by atomic mass is 10.0. The van der Waals surface area contributed by atoms with Crippen LogP contribution in [0.3, 0.4) is 0 Å². The van der Waals surface area contributed by atoms with Gasteiger partial charge in [0.2, 0.25) is 0 Å². The van der Waals surface area contributed by atoms with E-state index in [-0.39, 0.29) is 25.1 Å². The third kappa shape index (κ3) is 4.79. The first-order valence-corrected chi connectivity index (χ1v) is 4.83. The number of aliphatic hydroxyl groups excluding tert-OH is 2. The van der Waals surface area contributed by atoms with Crippen LogP contribution in [0, 0.1) is 0 Å². The number of hydrogen-bond acceptors (Lipinski definition) is 4. The Balaban J connectivity index is 0.00000169. The summed E-state index contributed by atoms with van der Waals surface area (Å²) in [6.45, 7) is -0.189. The number of hydrogen-bond donors (Lipinski definition) is 3. The Labute approximate surface area is 90.6 Å². The fourth-order valence-corrected chi connectivity index (χ4v) is 1.61. The molecule has 14 heavy (non-hydrogen) atoms. The second-order valence-corrected chi connectivity index (χ2v) is 3.59. The van der Waals surface area contributed by atoms with E-state index >= 15 is 0 Å². The first-order valence-electron chi connectivity index (χ1n) is 4.83. The summed E-state index contributed by atoms with van der Waals surface area (Å²) in [6.07, 6.45) is 3.90. The van der Waals surface area contributed by atoms with Gasteiger partial charge in [-0.3, -0.25) is 4.99 Å². The molecule has 0 saturated heterocycles. The quantitative estimate of drug-likeness (QED) is 0.649. The summed E-state index contributed by atoms with van der Waals surface area (Å²) in [7, 11) is 0. The standard InChI is InChI=1S/C9H18N2O2.ClH/c10-9-4-2-1-3-7(11-9)5-8(13)6-12;/h7-8,12-13H,1-6H2,(H2,10,11);1H. The van der Waals surface area contributed by atoms with Crippen molar-refractivity contribution in [1.29, 1.82) is 0 Å². The molecule has 0 aromatic rings. The third-order valence-corrected chi connectivity index (χ3v) is 2.32. The molecule has 4 N–H and O–H groups in total. The van der Waals surface area contributed by atoms with E-state index in [9.17, 15) is 5.11 Å². The molecule has 2 unspecified atom stereocenters. The zero-order valence-electron chi connectivity index (χ0n) is 8.22. The van der Waals surface area contributed by atoms with Crippen LogP contribution in [0.2, 0.25) is 0 Å². The molecule has 0 fully saturated rings. The van der Waals surface area contributed by atoms with Crippen molar-refractivity contribution in [2.75, 3.05) is 6.61 Å². The van der Waals surface area contributed by atoms with Gasteiger partial charge in [0.15, 0.2) is 0 Å². The first-order chi connectivity index (χ1) is 6.22. The maximum atomic E-state index is 9.23. The van der Waals surface area contributed by atoms with E-state index in [1.807, 2.05) is 0 Å². The first kappa shape index (κ1) is 13.7. The summed E-state index contributed by atoms with van der Waals surface area (Å²) in [5.41, 5.74) is 5.65. The molecule has 5 heteroatoms. The van der Waals surface area contributed by atoms with Crippen LogP contribution in [0.15, 0.2) is 4.99 Å². The lowest BCUT2D eigenvalue weighted by Gasteiger charge is -2.13. The van der Waals surface area contributed by atoms with E-state index in [0.717, 1.165) is 25.7 Å². The monoisotopic (exact) mass is 222 g/mol. The highest BCUT2D eigenvalue weighted by molar-refractivity contribution is 5.85. The summed E-state index contributed by atoms with van der Waals surface area (Å²) in [5.74, 6) is 0.688. The van der Waals surface area contributed by atoms with Crippen molar-refractivity contribution in [2.45, 2.75) is 44.2 Å². The number of halogens is 1. The molecule has 2 atom stereocenters. The van der Waals surface area contributed by atoms with Crippen LogP contribution in [0.25, 0.3) is 0 Å². The third-order valence-electron chi connectivity index (χ3n) is 2.32. The average molecular weight is 223 g/mol. The highest BCUT2D eigenvalue weighted by Crippen LogP contribution is 2.16. The molecule has 0 saturated carbocycles. The van der Waals surface area contributed by atoms with Crippen molar-refractivity contribution in [3.05, 3.63) is 0 Å². The maximum Gasteiger partial charge on any atom is 0.0940 e. The number of rotatable bonds is 3. The van der Waals surface area contributed by atoms with E-state index in [4.69, 9.17) is 10.8 Å². The summed E-state index contributed by atoms with van der Waals surface area (Å²) in [5, 5.41) is 17.9. The van der Waals surface area contributed by atoms with Gasteiger partial charge >= 0.3 is 0 Å². The topological polar surface area (TPSA) is 78.8 Å². The van der Waals surface area contributed by atoms with Gasteiger partial charge in [-0.15, -0.1) is 12.4 Å². The van der Waals surface area contributed by atoms with Gasteiger partial charge in [-0.25, -0.2) is 0 Å². The van der Waals surface area contributed by atoms with Gasteiger partial charge in [0.05, 0.1) is 24.6 Å². The molecule has 1 aliphatic rings. The second kappa shape index (κ2) is 7.04. The molecule has 0 spiro atoms. The van der Waals surface area contributed by atoms with Crippen molar-refractivity contribution in [3.8, 4) is 0 Å². The molecule has 1 aliphatic heterocycles. The predicted molar refractivity (Wildman–Crippen MR) is 58.8 cm³/mol. The number of amidine groups is 1. The minimum atomic E-state index is -0.653. The molecular formula is C9H19ClN2O2. The van der Waals surface area contributed by atoms with Crippen LogP contribution >= 0.6 is 12.4 Å².